The Balaban J connectivity index is 1.23. The van der Waals surface area contributed by atoms with Crippen molar-refractivity contribution in [2.24, 2.45) is 0 Å². The van der Waals surface area contributed by atoms with Crippen LogP contribution in [0, 0.1) is 20.8 Å². The molecule has 2 heterocycles. The van der Waals surface area contributed by atoms with Crippen LogP contribution in [0.15, 0.2) is 53.3 Å². The van der Waals surface area contributed by atoms with Crippen molar-refractivity contribution >= 4 is 28.9 Å². The number of aryl methyl sites for hydroxylation is 1. The van der Waals surface area contributed by atoms with Gasteiger partial charge in [-0.05, 0) is 99.7 Å². The highest BCUT2D eigenvalue weighted by Crippen LogP contribution is 2.45. The number of rotatable bonds is 8. The summed E-state index contributed by atoms with van der Waals surface area (Å²) in [4.78, 5) is 27.2. The van der Waals surface area contributed by atoms with Crippen LogP contribution in [0.5, 0.6) is 17.4 Å². The summed E-state index contributed by atoms with van der Waals surface area (Å²) in [5, 5.41) is 10.2. The van der Waals surface area contributed by atoms with Gasteiger partial charge in [0.05, 0.1) is 15.5 Å². The molecule has 3 aromatic carbocycles. The number of ether oxygens (including phenoxy) is 2. The largest absolute Gasteiger partial charge is 0.494 e. The van der Waals surface area contributed by atoms with Crippen LogP contribution >= 0.6 is 22.9 Å². The number of thiazole rings is 1. The number of carbonyl (C=O) groups is 1. The fourth-order valence-electron chi connectivity index (χ4n) is 5.53. The molecule has 1 aliphatic rings. The van der Waals surface area contributed by atoms with Gasteiger partial charge in [0.25, 0.3) is 0 Å². The summed E-state index contributed by atoms with van der Waals surface area (Å²) in [7, 11) is 0. The molecule has 1 aliphatic heterocycles. The van der Waals surface area contributed by atoms with Crippen LogP contribution in [0.3, 0.4) is 0 Å². The number of hydrogen-bond acceptors (Lipinski definition) is 6. The van der Waals surface area contributed by atoms with Crippen molar-refractivity contribution in [2.45, 2.75) is 71.8 Å². The van der Waals surface area contributed by atoms with Crippen LogP contribution < -0.4 is 14.3 Å². The van der Waals surface area contributed by atoms with E-state index in [4.69, 9.17) is 21.1 Å². The first kappa shape index (κ1) is 29.0. The van der Waals surface area contributed by atoms with Crippen molar-refractivity contribution in [1.29, 1.82) is 0 Å². The zero-order valence-electron chi connectivity index (χ0n) is 23.7. The Bertz CT molecular complexity index is 1660. The maximum Gasteiger partial charge on any atom is 0.345 e. The van der Waals surface area contributed by atoms with Crippen molar-refractivity contribution in [1.82, 2.24) is 4.98 Å². The first-order valence-electron chi connectivity index (χ1n) is 13.8. The van der Waals surface area contributed by atoms with E-state index in [1.165, 1.54) is 5.56 Å². The third kappa shape index (κ3) is 6.21. The molecule has 4 aromatic rings. The lowest BCUT2D eigenvalue weighted by Gasteiger charge is -2.38. The monoisotopic (exact) mass is 591 g/mol. The van der Waals surface area contributed by atoms with Crippen LogP contribution in [0.2, 0.25) is 5.02 Å². The second kappa shape index (κ2) is 11.7. The highest BCUT2D eigenvalue weighted by atomic mass is 35.5. The topological polar surface area (TPSA) is 88.6 Å². The SMILES string of the molecule is Cc1c(C)c2c(c(C)c1OC(=O)c1ccccc1Cl)CCC(C)(CCCc1ccc(Cc3sc(=O)[nH]c3O)cc1)O2. The summed E-state index contributed by atoms with van der Waals surface area (Å²) in [6.07, 6.45) is 5.09. The predicted molar refractivity (Wildman–Crippen MR) is 163 cm³/mol. The summed E-state index contributed by atoms with van der Waals surface area (Å²) < 4.78 is 12.6. The molecule has 1 atom stereocenters. The number of hydrogen-bond donors (Lipinski definition) is 2. The van der Waals surface area contributed by atoms with Crippen LogP contribution in [0.25, 0.3) is 0 Å². The quantitative estimate of drug-likeness (QED) is 0.162. The number of aromatic amines is 1. The minimum absolute atomic E-state index is 0.0404. The minimum atomic E-state index is -0.462. The highest BCUT2D eigenvalue weighted by Gasteiger charge is 2.35. The van der Waals surface area contributed by atoms with Crippen molar-refractivity contribution < 1.29 is 19.4 Å². The van der Waals surface area contributed by atoms with Gasteiger partial charge in [0.2, 0.25) is 5.88 Å². The third-order valence-electron chi connectivity index (χ3n) is 8.11. The summed E-state index contributed by atoms with van der Waals surface area (Å²) >= 11 is 7.27. The zero-order valence-corrected chi connectivity index (χ0v) is 25.3. The lowest BCUT2D eigenvalue weighted by molar-refractivity contribution is 0.0526. The fourth-order valence-corrected chi connectivity index (χ4v) is 6.50. The van der Waals surface area contributed by atoms with Crippen LogP contribution in [-0.4, -0.2) is 21.7 Å². The van der Waals surface area contributed by atoms with Gasteiger partial charge in [-0.1, -0.05) is 59.3 Å². The molecular weight excluding hydrogens is 558 g/mol. The lowest BCUT2D eigenvalue weighted by atomic mass is 9.84. The first-order valence-corrected chi connectivity index (χ1v) is 15.0. The van der Waals surface area contributed by atoms with Crippen LogP contribution in [0.4, 0.5) is 0 Å². The van der Waals surface area contributed by atoms with Crippen molar-refractivity contribution in [3.05, 3.63) is 107 Å². The number of halogens is 1. The highest BCUT2D eigenvalue weighted by molar-refractivity contribution is 7.09. The van der Waals surface area contributed by atoms with Gasteiger partial charge < -0.3 is 14.6 Å². The van der Waals surface area contributed by atoms with E-state index in [0.29, 0.717) is 27.6 Å². The molecule has 41 heavy (non-hydrogen) atoms. The van der Waals surface area contributed by atoms with E-state index in [0.717, 1.165) is 77.0 Å². The molecule has 0 bridgehead atoms. The fraction of sp³-hybridized carbons (Fsp3) is 0.333. The molecule has 0 radical (unpaired) electrons. The summed E-state index contributed by atoms with van der Waals surface area (Å²) in [6.45, 7) is 8.17. The zero-order chi connectivity index (χ0) is 29.3. The molecule has 0 aliphatic carbocycles. The molecular formula is C33H34ClNO5S. The van der Waals surface area contributed by atoms with Gasteiger partial charge in [-0.3, -0.25) is 9.78 Å². The first-order chi connectivity index (χ1) is 19.5. The van der Waals surface area contributed by atoms with Gasteiger partial charge in [-0.2, -0.15) is 0 Å². The standard InChI is InChI=1S/C33H34ClNO5S/c1-19-20(2)29-24(21(3)28(19)39-31(37)25-9-5-6-10-26(25)34)15-17-33(4,40-29)16-7-8-22-11-13-23(14-12-22)18-27-30(36)35-32(38)41-27/h5-6,9-14,36H,7-8,15-18H2,1-4H3,(H,35,38). The van der Waals surface area contributed by atoms with E-state index in [-0.39, 0.29) is 16.4 Å². The van der Waals surface area contributed by atoms with E-state index in [1.54, 1.807) is 24.3 Å². The Morgan fingerprint density at radius 1 is 1.07 bits per heavy atom. The van der Waals surface area contributed by atoms with Crippen LogP contribution in [0.1, 0.15) is 74.8 Å². The molecule has 0 amide bonds. The normalized spacial score (nSPS) is 16.2. The number of fused-ring (bicyclic) bond motifs is 1. The molecule has 5 rings (SSSR count). The van der Waals surface area contributed by atoms with E-state index < -0.39 is 5.97 Å². The average molecular weight is 592 g/mol. The molecule has 1 aromatic heterocycles. The molecule has 1 unspecified atom stereocenters. The van der Waals surface area contributed by atoms with E-state index in [2.05, 4.69) is 36.2 Å². The maximum absolute atomic E-state index is 12.9. The maximum atomic E-state index is 12.9. The molecule has 6 nitrogen and oxygen atoms in total. The Labute approximate surface area is 248 Å². The summed E-state index contributed by atoms with van der Waals surface area (Å²) in [5.41, 5.74) is 6.28. The van der Waals surface area contributed by atoms with Crippen LogP contribution in [-0.2, 0) is 19.3 Å². The second-order valence-electron chi connectivity index (χ2n) is 11.1. The Kier molecular flexibility index (Phi) is 8.30. The van der Waals surface area contributed by atoms with E-state index >= 15 is 0 Å². The average Bonchev–Trinajstić information content (AvgIpc) is 3.26. The number of nitrogens with one attached hydrogen (secondary N) is 1. The minimum Gasteiger partial charge on any atom is -0.494 e. The predicted octanol–water partition coefficient (Wildman–Crippen LogP) is 7.64. The summed E-state index contributed by atoms with van der Waals surface area (Å²) in [6, 6.07) is 15.2. The van der Waals surface area contributed by atoms with E-state index in [9.17, 15) is 14.7 Å². The summed E-state index contributed by atoms with van der Waals surface area (Å²) in [5.74, 6) is 0.991. The molecule has 0 spiro atoms. The Morgan fingerprint density at radius 2 is 1.78 bits per heavy atom. The number of esters is 1. The van der Waals surface area contributed by atoms with Gasteiger partial charge in [0.1, 0.15) is 17.1 Å². The Hall–Kier alpha value is -3.55. The molecule has 0 saturated carbocycles. The molecule has 0 fully saturated rings. The number of aromatic hydroxyl groups is 1. The number of benzene rings is 3. The second-order valence-corrected chi connectivity index (χ2v) is 12.5. The molecule has 214 valence electrons. The number of H-pyrrole nitrogens is 1. The van der Waals surface area contributed by atoms with Crippen molar-refractivity contribution in [2.75, 3.05) is 0 Å². The molecule has 8 heteroatoms. The van der Waals surface area contributed by atoms with Crippen molar-refractivity contribution in [3.8, 4) is 17.4 Å². The van der Waals surface area contributed by atoms with Gasteiger partial charge in [-0.25, -0.2) is 4.79 Å². The van der Waals surface area contributed by atoms with Crippen molar-refractivity contribution in [3.63, 3.8) is 0 Å². The van der Waals surface area contributed by atoms with Gasteiger partial charge in [-0.15, -0.1) is 0 Å². The lowest BCUT2D eigenvalue weighted by Crippen LogP contribution is -2.37. The van der Waals surface area contributed by atoms with Gasteiger partial charge in [0, 0.05) is 12.0 Å². The van der Waals surface area contributed by atoms with E-state index in [1.807, 2.05) is 20.8 Å². The molecule has 2 N–H and O–H groups in total. The Morgan fingerprint density at radius 3 is 2.46 bits per heavy atom. The number of carbonyl (C=O) groups excluding carboxylic acids is 1. The third-order valence-corrected chi connectivity index (χ3v) is 9.31. The number of aromatic nitrogens is 1. The smallest absolute Gasteiger partial charge is 0.345 e. The van der Waals surface area contributed by atoms with Gasteiger partial charge in [0.15, 0.2) is 0 Å². The van der Waals surface area contributed by atoms with Gasteiger partial charge >= 0.3 is 10.8 Å². The molecule has 0 saturated heterocycles.